The fourth-order valence-electron chi connectivity index (χ4n) is 1.95. The molecule has 0 radical (unpaired) electrons. The molecular weight excluding hydrogens is 196 g/mol. The number of nitrogens with zero attached hydrogens (tertiary/aromatic N) is 1. The van der Waals surface area contributed by atoms with E-state index >= 15 is 0 Å². The molecule has 2 heteroatoms. The first kappa shape index (κ1) is 9.04. The van der Waals surface area contributed by atoms with Crippen LogP contribution in [0.5, 0.6) is 0 Å². The summed E-state index contributed by atoms with van der Waals surface area (Å²) in [6.07, 6.45) is 3.51. The molecule has 0 spiro atoms. The van der Waals surface area contributed by atoms with E-state index in [1.807, 2.05) is 36.4 Å². The lowest BCUT2D eigenvalue weighted by Gasteiger charge is -1.92. The number of benzene rings is 1. The van der Waals surface area contributed by atoms with Crippen molar-refractivity contribution in [3.63, 3.8) is 0 Å². The minimum Gasteiger partial charge on any atom is -0.300 e. The minimum absolute atomic E-state index is 0.545. The topological polar surface area (TPSA) is 36.7 Å². The molecule has 0 atom stereocenters. The molecule has 0 fully saturated rings. The quantitative estimate of drug-likeness (QED) is 0.603. The SMILES string of the molecule is N=c1c2ccccc2ccc2ccncc12. The first-order valence-electron chi connectivity index (χ1n) is 5.17. The number of aromatic nitrogens is 1. The van der Waals surface area contributed by atoms with Crippen LogP contribution in [0.1, 0.15) is 0 Å². The van der Waals surface area contributed by atoms with Crippen molar-refractivity contribution in [1.29, 1.82) is 5.41 Å². The highest BCUT2D eigenvalue weighted by molar-refractivity contribution is 5.92. The first-order valence-corrected chi connectivity index (χ1v) is 5.17. The first-order chi connectivity index (χ1) is 7.86. The molecule has 1 heterocycles. The van der Waals surface area contributed by atoms with Crippen molar-refractivity contribution in [3.05, 3.63) is 60.2 Å². The van der Waals surface area contributed by atoms with Gasteiger partial charge in [-0.15, -0.1) is 0 Å². The van der Waals surface area contributed by atoms with Gasteiger partial charge >= 0.3 is 0 Å². The molecular formula is C14H10N2. The van der Waals surface area contributed by atoms with E-state index in [9.17, 15) is 0 Å². The van der Waals surface area contributed by atoms with E-state index in [1.54, 1.807) is 12.4 Å². The van der Waals surface area contributed by atoms with Crippen LogP contribution in [0.2, 0.25) is 0 Å². The van der Waals surface area contributed by atoms with Crippen LogP contribution in [0, 0.1) is 5.41 Å². The van der Waals surface area contributed by atoms with Gasteiger partial charge in [-0.05, 0) is 16.8 Å². The average molecular weight is 206 g/mol. The largest absolute Gasteiger partial charge is 0.300 e. The normalized spacial score (nSPS) is 10.8. The number of hydrogen-bond acceptors (Lipinski definition) is 2. The van der Waals surface area contributed by atoms with E-state index in [2.05, 4.69) is 11.1 Å². The van der Waals surface area contributed by atoms with Gasteiger partial charge in [-0.3, -0.25) is 10.4 Å². The van der Waals surface area contributed by atoms with Gasteiger partial charge in [0.1, 0.15) is 0 Å². The molecule has 0 saturated carbocycles. The minimum atomic E-state index is 0.545. The molecule has 1 aromatic heterocycles. The lowest BCUT2D eigenvalue weighted by molar-refractivity contribution is 1.31. The molecule has 0 aliphatic heterocycles. The van der Waals surface area contributed by atoms with Gasteiger partial charge in [0.15, 0.2) is 0 Å². The molecule has 0 aliphatic carbocycles. The zero-order valence-electron chi connectivity index (χ0n) is 8.64. The molecule has 2 aromatic carbocycles. The summed E-state index contributed by atoms with van der Waals surface area (Å²) in [4.78, 5) is 4.09. The predicted molar refractivity (Wildman–Crippen MR) is 65.1 cm³/mol. The average Bonchev–Trinajstić information content (AvgIpc) is 2.49. The summed E-state index contributed by atoms with van der Waals surface area (Å²) >= 11 is 0. The summed E-state index contributed by atoms with van der Waals surface area (Å²) in [5.74, 6) is 0. The van der Waals surface area contributed by atoms with Gasteiger partial charge in [-0.25, -0.2) is 0 Å². The van der Waals surface area contributed by atoms with E-state index in [-0.39, 0.29) is 0 Å². The third-order valence-electron chi connectivity index (χ3n) is 2.80. The van der Waals surface area contributed by atoms with Crippen LogP contribution in [0.25, 0.3) is 21.5 Å². The molecule has 0 aliphatic rings. The zero-order valence-corrected chi connectivity index (χ0v) is 8.64. The number of fused-ring (bicyclic) bond motifs is 2. The molecule has 0 amide bonds. The molecule has 3 aromatic rings. The Morgan fingerprint density at radius 3 is 2.44 bits per heavy atom. The predicted octanol–water partition coefficient (Wildman–Crippen LogP) is 2.87. The van der Waals surface area contributed by atoms with Crippen LogP contribution >= 0.6 is 0 Å². The molecule has 2 nitrogen and oxygen atoms in total. The summed E-state index contributed by atoms with van der Waals surface area (Å²) in [7, 11) is 0. The molecule has 16 heavy (non-hydrogen) atoms. The van der Waals surface area contributed by atoms with Crippen molar-refractivity contribution in [2.75, 3.05) is 0 Å². The standard InChI is InChI=1S/C14H10N2/c15-14-12-4-2-1-3-10(12)5-6-11-7-8-16-9-13(11)14/h1-9,15H. The number of rotatable bonds is 0. The Bertz CT molecular complexity index is 671. The van der Waals surface area contributed by atoms with Crippen molar-refractivity contribution in [1.82, 2.24) is 4.98 Å². The van der Waals surface area contributed by atoms with Crippen molar-refractivity contribution >= 4 is 21.5 Å². The van der Waals surface area contributed by atoms with Gasteiger partial charge in [-0.1, -0.05) is 36.4 Å². The monoisotopic (exact) mass is 206 g/mol. The second-order valence-electron chi connectivity index (χ2n) is 3.76. The maximum Gasteiger partial charge on any atom is 0.0712 e. The number of pyridine rings is 1. The van der Waals surface area contributed by atoms with Crippen LogP contribution in [0.4, 0.5) is 0 Å². The highest BCUT2D eigenvalue weighted by Crippen LogP contribution is 2.13. The third-order valence-corrected chi connectivity index (χ3v) is 2.80. The Kier molecular flexibility index (Phi) is 1.93. The smallest absolute Gasteiger partial charge is 0.0712 e. The lowest BCUT2D eigenvalue weighted by Crippen LogP contribution is -1.98. The zero-order chi connectivity index (χ0) is 11.0. The summed E-state index contributed by atoms with van der Waals surface area (Å²) in [6, 6.07) is 14.0. The third kappa shape index (κ3) is 1.27. The summed E-state index contributed by atoms with van der Waals surface area (Å²) < 4.78 is 0. The summed E-state index contributed by atoms with van der Waals surface area (Å²) in [6.45, 7) is 0. The van der Waals surface area contributed by atoms with Gasteiger partial charge < -0.3 is 0 Å². The Balaban J connectivity index is 2.69. The van der Waals surface area contributed by atoms with E-state index in [4.69, 9.17) is 5.41 Å². The van der Waals surface area contributed by atoms with Crippen LogP contribution < -0.4 is 5.36 Å². The number of hydrogen-bond donors (Lipinski definition) is 1. The van der Waals surface area contributed by atoms with Crippen LogP contribution in [0.15, 0.2) is 54.9 Å². The van der Waals surface area contributed by atoms with E-state index in [0.717, 1.165) is 21.5 Å². The Morgan fingerprint density at radius 1 is 0.812 bits per heavy atom. The Labute approximate surface area is 92.7 Å². The van der Waals surface area contributed by atoms with Crippen LogP contribution in [-0.2, 0) is 0 Å². The summed E-state index contributed by atoms with van der Waals surface area (Å²) in [5.41, 5.74) is 0. The van der Waals surface area contributed by atoms with Crippen LogP contribution in [0.3, 0.4) is 0 Å². The maximum absolute atomic E-state index is 8.21. The Hall–Kier alpha value is -2.22. The highest BCUT2D eigenvalue weighted by atomic mass is 14.6. The molecule has 76 valence electrons. The lowest BCUT2D eigenvalue weighted by atomic mass is 10.1. The fourth-order valence-corrected chi connectivity index (χ4v) is 1.95. The van der Waals surface area contributed by atoms with E-state index < -0.39 is 0 Å². The van der Waals surface area contributed by atoms with Crippen molar-refractivity contribution < 1.29 is 0 Å². The van der Waals surface area contributed by atoms with Gasteiger partial charge in [0.25, 0.3) is 0 Å². The van der Waals surface area contributed by atoms with Gasteiger partial charge in [0.05, 0.1) is 5.36 Å². The van der Waals surface area contributed by atoms with Crippen molar-refractivity contribution in [3.8, 4) is 0 Å². The van der Waals surface area contributed by atoms with E-state index in [1.165, 1.54) is 0 Å². The van der Waals surface area contributed by atoms with E-state index in [0.29, 0.717) is 5.36 Å². The van der Waals surface area contributed by atoms with Crippen molar-refractivity contribution in [2.24, 2.45) is 0 Å². The molecule has 3 rings (SSSR count). The molecule has 1 N–H and O–H groups in total. The van der Waals surface area contributed by atoms with Crippen LogP contribution in [-0.4, -0.2) is 4.98 Å². The van der Waals surface area contributed by atoms with Crippen molar-refractivity contribution in [2.45, 2.75) is 0 Å². The molecule has 0 bridgehead atoms. The second kappa shape index (κ2) is 3.42. The number of nitrogens with one attached hydrogen (secondary N) is 1. The second-order valence-corrected chi connectivity index (χ2v) is 3.76. The molecule has 0 saturated heterocycles. The summed E-state index contributed by atoms with van der Waals surface area (Å²) in [5, 5.41) is 12.8. The Morgan fingerprint density at radius 2 is 1.56 bits per heavy atom. The molecule has 0 unspecified atom stereocenters. The maximum atomic E-state index is 8.21. The van der Waals surface area contributed by atoms with Gasteiger partial charge in [-0.2, -0.15) is 0 Å². The fraction of sp³-hybridized carbons (Fsp3) is 0. The highest BCUT2D eigenvalue weighted by Gasteiger charge is 1.97. The van der Waals surface area contributed by atoms with Gasteiger partial charge in [0.2, 0.25) is 0 Å². The van der Waals surface area contributed by atoms with Gasteiger partial charge in [0, 0.05) is 23.2 Å².